The molecule has 0 bridgehead atoms. The maximum atomic E-state index is 12.0. The first kappa shape index (κ1) is 14.1. The summed E-state index contributed by atoms with van der Waals surface area (Å²) in [7, 11) is 0. The van der Waals surface area contributed by atoms with E-state index in [0.29, 0.717) is 11.4 Å². The summed E-state index contributed by atoms with van der Waals surface area (Å²) in [6, 6.07) is 9.23. The summed E-state index contributed by atoms with van der Waals surface area (Å²) in [6.45, 7) is -2.83. The molecule has 0 saturated carbocycles. The van der Waals surface area contributed by atoms with E-state index < -0.39 is 6.61 Å². The summed E-state index contributed by atoms with van der Waals surface area (Å²) in [5.41, 5.74) is 3.36. The molecule has 0 aliphatic heterocycles. The molecule has 104 valence electrons. The van der Waals surface area contributed by atoms with Crippen LogP contribution in [0, 0.1) is 0 Å². The van der Waals surface area contributed by atoms with Gasteiger partial charge in [-0.2, -0.15) is 13.9 Å². The minimum atomic E-state index is -2.83. The molecule has 2 rings (SSSR count). The van der Waals surface area contributed by atoms with Gasteiger partial charge in [0.05, 0.1) is 6.21 Å². The van der Waals surface area contributed by atoms with Crippen LogP contribution in [0.15, 0.2) is 41.5 Å². The lowest BCUT2D eigenvalue weighted by atomic mass is 10.2. The Morgan fingerprint density at radius 3 is 2.50 bits per heavy atom. The van der Waals surface area contributed by atoms with Gasteiger partial charge in [-0.05, 0) is 42.0 Å². The number of nitrogens with one attached hydrogen (secondary N) is 1. The number of ether oxygens (including phenoxy) is 1. The summed E-state index contributed by atoms with van der Waals surface area (Å²) < 4.78 is 28.1. The lowest BCUT2D eigenvalue weighted by molar-refractivity contribution is -0.0498. The number of hydrazone groups is 1. The highest BCUT2D eigenvalue weighted by molar-refractivity contribution is 6.29. The fourth-order valence-electron chi connectivity index (χ4n) is 1.28. The molecular weight excluding hydrogens is 290 g/mol. The normalized spacial score (nSPS) is 11.0. The highest BCUT2D eigenvalue weighted by Crippen LogP contribution is 2.14. The third-order valence-corrected chi connectivity index (χ3v) is 2.33. The van der Waals surface area contributed by atoms with Crippen molar-refractivity contribution in [2.75, 3.05) is 5.43 Å². The van der Waals surface area contributed by atoms with Gasteiger partial charge in [0.25, 0.3) is 0 Å². The Morgan fingerprint density at radius 2 is 1.90 bits per heavy atom. The average Bonchev–Trinajstić information content (AvgIpc) is 2.42. The van der Waals surface area contributed by atoms with E-state index >= 15 is 0 Å². The zero-order chi connectivity index (χ0) is 14.4. The second-order valence-corrected chi connectivity index (χ2v) is 3.95. The minimum absolute atomic E-state index is 0.0914. The van der Waals surface area contributed by atoms with E-state index in [1.807, 2.05) is 0 Å². The van der Waals surface area contributed by atoms with E-state index in [1.165, 1.54) is 18.3 Å². The van der Waals surface area contributed by atoms with Crippen molar-refractivity contribution in [3.05, 3.63) is 47.1 Å². The standard InChI is InChI=1S/C12H9ClF2N4O/c13-10-5-6-11(19-17-10)18-16-7-8-1-3-9(4-2-8)20-12(14)15/h1-7,12H,(H,18,19). The van der Waals surface area contributed by atoms with E-state index in [1.54, 1.807) is 24.3 Å². The summed E-state index contributed by atoms with van der Waals surface area (Å²) in [5, 5.41) is 11.6. The van der Waals surface area contributed by atoms with Crippen LogP contribution in [0.5, 0.6) is 5.75 Å². The lowest BCUT2D eigenvalue weighted by Crippen LogP contribution is -2.01. The second-order valence-electron chi connectivity index (χ2n) is 3.56. The van der Waals surface area contributed by atoms with E-state index in [0.717, 1.165) is 0 Å². The smallest absolute Gasteiger partial charge is 0.387 e. The first-order valence-electron chi connectivity index (χ1n) is 5.46. The molecule has 1 aromatic carbocycles. The van der Waals surface area contributed by atoms with Gasteiger partial charge >= 0.3 is 6.61 Å². The molecule has 0 amide bonds. The molecule has 0 aliphatic carbocycles. The number of halogens is 3. The summed E-state index contributed by atoms with van der Waals surface area (Å²) in [4.78, 5) is 0. The van der Waals surface area contributed by atoms with Gasteiger partial charge in [0.15, 0.2) is 11.0 Å². The first-order chi connectivity index (χ1) is 9.63. The number of hydrogen-bond donors (Lipinski definition) is 1. The van der Waals surface area contributed by atoms with E-state index in [4.69, 9.17) is 11.6 Å². The molecule has 20 heavy (non-hydrogen) atoms. The maximum absolute atomic E-state index is 12.0. The molecule has 0 spiro atoms. The SMILES string of the molecule is FC(F)Oc1ccc(C=NNc2ccc(Cl)nn2)cc1. The molecule has 8 heteroatoms. The van der Waals surface area contributed by atoms with Crippen molar-refractivity contribution in [3.8, 4) is 5.75 Å². The van der Waals surface area contributed by atoms with Crippen LogP contribution in [0.2, 0.25) is 5.15 Å². The number of aromatic nitrogens is 2. The molecule has 0 radical (unpaired) electrons. The molecule has 2 aromatic rings. The largest absolute Gasteiger partial charge is 0.435 e. The van der Waals surface area contributed by atoms with Crippen LogP contribution < -0.4 is 10.2 Å². The van der Waals surface area contributed by atoms with Gasteiger partial charge < -0.3 is 4.74 Å². The summed E-state index contributed by atoms with van der Waals surface area (Å²) in [5.74, 6) is 0.525. The van der Waals surface area contributed by atoms with Crippen LogP contribution in [-0.4, -0.2) is 23.0 Å². The summed E-state index contributed by atoms with van der Waals surface area (Å²) >= 11 is 5.59. The average molecular weight is 299 g/mol. The Morgan fingerprint density at radius 1 is 1.15 bits per heavy atom. The van der Waals surface area contributed by atoms with Gasteiger partial charge in [-0.25, -0.2) is 0 Å². The number of rotatable bonds is 5. The predicted molar refractivity (Wildman–Crippen MR) is 71.3 cm³/mol. The zero-order valence-electron chi connectivity index (χ0n) is 10.0. The van der Waals surface area contributed by atoms with Gasteiger partial charge in [0.2, 0.25) is 0 Å². The predicted octanol–water partition coefficient (Wildman–Crippen LogP) is 3.18. The van der Waals surface area contributed by atoms with Crippen LogP contribution >= 0.6 is 11.6 Å². The topological polar surface area (TPSA) is 59.4 Å². The molecule has 0 unspecified atom stereocenters. The van der Waals surface area contributed by atoms with Crippen LogP contribution in [0.25, 0.3) is 0 Å². The fourth-order valence-corrected chi connectivity index (χ4v) is 1.38. The van der Waals surface area contributed by atoms with Gasteiger partial charge in [-0.3, -0.25) is 5.43 Å². The molecule has 0 atom stereocenters. The Balaban J connectivity index is 1.92. The third-order valence-electron chi connectivity index (χ3n) is 2.13. The van der Waals surface area contributed by atoms with Crippen molar-refractivity contribution in [2.24, 2.45) is 5.10 Å². The van der Waals surface area contributed by atoms with E-state index in [-0.39, 0.29) is 10.9 Å². The van der Waals surface area contributed by atoms with Crippen molar-refractivity contribution in [3.63, 3.8) is 0 Å². The molecular formula is C12H9ClF2N4O. The number of alkyl halides is 2. The quantitative estimate of drug-likeness (QED) is 0.680. The Bertz CT molecular complexity index is 575. The molecule has 1 N–H and O–H groups in total. The number of nitrogens with zero attached hydrogens (tertiary/aromatic N) is 3. The van der Waals surface area contributed by atoms with Gasteiger partial charge in [-0.15, -0.1) is 10.2 Å². The monoisotopic (exact) mass is 298 g/mol. The maximum Gasteiger partial charge on any atom is 0.387 e. The number of benzene rings is 1. The fraction of sp³-hybridized carbons (Fsp3) is 0.0833. The van der Waals surface area contributed by atoms with Crippen molar-refractivity contribution in [1.29, 1.82) is 0 Å². The van der Waals surface area contributed by atoms with E-state index in [2.05, 4.69) is 25.5 Å². The third kappa shape index (κ3) is 4.43. The Hall–Kier alpha value is -2.28. The lowest BCUT2D eigenvalue weighted by Gasteiger charge is -2.03. The van der Waals surface area contributed by atoms with Crippen molar-refractivity contribution in [1.82, 2.24) is 10.2 Å². The number of anilines is 1. The highest BCUT2D eigenvalue weighted by Gasteiger charge is 2.02. The Labute approximate surface area is 118 Å². The second kappa shape index (κ2) is 6.76. The number of hydrogen-bond acceptors (Lipinski definition) is 5. The van der Waals surface area contributed by atoms with Crippen molar-refractivity contribution in [2.45, 2.75) is 6.61 Å². The van der Waals surface area contributed by atoms with Gasteiger partial charge in [0, 0.05) is 0 Å². The molecule has 1 aromatic heterocycles. The molecule has 1 heterocycles. The molecule has 5 nitrogen and oxygen atoms in total. The highest BCUT2D eigenvalue weighted by atomic mass is 35.5. The van der Waals surface area contributed by atoms with Crippen LogP contribution in [-0.2, 0) is 0 Å². The van der Waals surface area contributed by atoms with Crippen molar-refractivity contribution < 1.29 is 13.5 Å². The van der Waals surface area contributed by atoms with E-state index in [9.17, 15) is 8.78 Å². The molecule has 0 fully saturated rings. The molecule has 0 saturated heterocycles. The van der Waals surface area contributed by atoms with Crippen LogP contribution in [0.1, 0.15) is 5.56 Å². The van der Waals surface area contributed by atoms with Gasteiger partial charge in [0.1, 0.15) is 5.75 Å². The van der Waals surface area contributed by atoms with Crippen LogP contribution in [0.4, 0.5) is 14.6 Å². The Kier molecular flexibility index (Phi) is 4.78. The van der Waals surface area contributed by atoms with Crippen molar-refractivity contribution >= 4 is 23.6 Å². The zero-order valence-corrected chi connectivity index (χ0v) is 10.8. The molecule has 0 aliphatic rings. The van der Waals surface area contributed by atoms with Crippen LogP contribution in [0.3, 0.4) is 0 Å². The summed E-state index contributed by atoms with van der Waals surface area (Å²) in [6.07, 6.45) is 1.50. The van der Waals surface area contributed by atoms with Gasteiger partial charge in [-0.1, -0.05) is 11.6 Å². The first-order valence-corrected chi connectivity index (χ1v) is 5.84. The minimum Gasteiger partial charge on any atom is -0.435 e.